The van der Waals surface area contributed by atoms with E-state index in [9.17, 15) is 4.79 Å². The van der Waals surface area contributed by atoms with E-state index in [2.05, 4.69) is 64.6 Å². The van der Waals surface area contributed by atoms with Crippen molar-refractivity contribution in [2.75, 3.05) is 25.0 Å². The first-order valence-electron chi connectivity index (χ1n) is 9.63. The van der Waals surface area contributed by atoms with Gasteiger partial charge in [0.1, 0.15) is 0 Å². The number of aryl methyl sites for hydroxylation is 1. The van der Waals surface area contributed by atoms with Gasteiger partial charge in [0.05, 0.1) is 12.2 Å². The average Bonchev–Trinajstić information content (AvgIpc) is 3.21. The second-order valence-electron chi connectivity index (χ2n) is 7.28. The van der Waals surface area contributed by atoms with E-state index in [4.69, 9.17) is 4.98 Å². The van der Waals surface area contributed by atoms with Crippen LogP contribution in [-0.2, 0) is 4.79 Å². The summed E-state index contributed by atoms with van der Waals surface area (Å²) in [6.45, 7) is 4.30. The lowest BCUT2D eigenvalue weighted by Crippen LogP contribution is -2.40. The van der Waals surface area contributed by atoms with E-state index >= 15 is 0 Å². The Hall–Kier alpha value is -2.57. The number of amides is 1. The fourth-order valence-corrected chi connectivity index (χ4v) is 4.28. The number of carbonyl (C=O) groups excluding carboxylic acids is 1. The maximum atomic E-state index is 12.3. The van der Waals surface area contributed by atoms with Gasteiger partial charge in [0.15, 0.2) is 5.13 Å². The standard InChI is InChI=1S/C22H24N4OS/c1-16-5-2-6-17(13-16)19-8-3-9-20(24-19)18-7-4-11-26(14-18)15-21(27)25-22-23-10-12-28-22/h2-3,5-6,8-10,12-13,18H,4,7,11,14-15H2,1H3,(H,23,25,27)/t18-/m1/s1. The molecule has 144 valence electrons. The molecule has 0 bridgehead atoms. The highest BCUT2D eigenvalue weighted by atomic mass is 32.1. The molecule has 0 aliphatic carbocycles. The van der Waals surface area contributed by atoms with Gasteiger partial charge in [0, 0.05) is 35.3 Å². The molecule has 1 aliphatic heterocycles. The minimum Gasteiger partial charge on any atom is -0.301 e. The number of hydrogen-bond acceptors (Lipinski definition) is 5. The summed E-state index contributed by atoms with van der Waals surface area (Å²) in [5.41, 5.74) is 4.51. The van der Waals surface area contributed by atoms with Gasteiger partial charge in [-0.1, -0.05) is 29.8 Å². The van der Waals surface area contributed by atoms with E-state index in [0.29, 0.717) is 17.6 Å². The molecule has 2 aromatic heterocycles. The number of benzene rings is 1. The molecule has 3 heterocycles. The van der Waals surface area contributed by atoms with Gasteiger partial charge >= 0.3 is 0 Å². The van der Waals surface area contributed by atoms with Crippen LogP contribution < -0.4 is 5.32 Å². The van der Waals surface area contributed by atoms with Crippen molar-refractivity contribution in [1.29, 1.82) is 0 Å². The second kappa shape index (κ2) is 8.63. The Morgan fingerprint density at radius 3 is 3.00 bits per heavy atom. The Morgan fingerprint density at radius 2 is 2.18 bits per heavy atom. The molecule has 28 heavy (non-hydrogen) atoms. The maximum absolute atomic E-state index is 12.3. The topological polar surface area (TPSA) is 58.1 Å². The van der Waals surface area contributed by atoms with Crippen molar-refractivity contribution in [2.24, 2.45) is 0 Å². The highest BCUT2D eigenvalue weighted by Gasteiger charge is 2.24. The number of anilines is 1. The fraction of sp³-hybridized carbons (Fsp3) is 0.318. The second-order valence-corrected chi connectivity index (χ2v) is 8.17. The predicted octanol–water partition coefficient (Wildman–Crippen LogP) is 4.33. The van der Waals surface area contributed by atoms with E-state index in [1.807, 2.05) is 5.38 Å². The normalized spacial score (nSPS) is 17.4. The van der Waals surface area contributed by atoms with Crippen molar-refractivity contribution in [3.8, 4) is 11.3 Å². The molecule has 1 saturated heterocycles. The van der Waals surface area contributed by atoms with Crippen LogP contribution in [0, 0.1) is 6.92 Å². The molecule has 4 rings (SSSR count). The Kier molecular flexibility index (Phi) is 5.78. The molecule has 3 aromatic rings. The number of nitrogens with one attached hydrogen (secondary N) is 1. The first kappa shape index (κ1) is 18.8. The van der Waals surface area contributed by atoms with Gasteiger partial charge in [-0.25, -0.2) is 4.98 Å². The quantitative estimate of drug-likeness (QED) is 0.702. The maximum Gasteiger partial charge on any atom is 0.240 e. The summed E-state index contributed by atoms with van der Waals surface area (Å²) in [6.07, 6.45) is 3.88. The van der Waals surface area contributed by atoms with Gasteiger partial charge in [-0.2, -0.15) is 0 Å². The van der Waals surface area contributed by atoms with Crippen LogP contribution in [0.15, 0.2) is 54.0 Å². The van der Waals surface area contributed by atoms with Crippen LogP contribution in [0.1, 0.15) is 30.0 Å². The average molecular weight is 393 g/mol. The molecule has 1 fully saturated rings. The summed E-state index contributed by atoms with van der Waals surface area (Å²) < 4.78 is 0. The van der Waals surface area contributed by atoms with Gasteiger partial charge in [0.25, 0.3) is 0 Å². The molecule has 1 aliphatic rings. The van der Waals surface area contributed by atoms with Crippen LogP contribution in [0.4, 0.5) is 5.13 Å². The van der Waals surface area contributed by atoms with Gasteiger partial charge < -0.3 is 5.32 Å². The summed E-state index contributed by atoms with van der Waals surface area (Å²) in [7, 11) is 0. The van der Waals surface area contributed by atoms with Crippen molar-refractivity contribution in [1.82, 2.24) is 14.9 Å². The molecule has 6 heteroatoms. The summed E-state index contributed by atoms with van der Waals surface area (Å²) >= 11 is 1.44. The molecule has 0 radical (unpaired) electrons. The molecule has 1 N–H and O–H groups in total. The van der Waals surface area contributed by atoms with E-state index in [1.54, 1.807) is 6.20 Å². The van der Waals surface area contributed by atoms with Crippen LogP contribution in [0.2, 0.25) is 0 Å². The van der Waals surface area contributed by atoms with Gasteiger partial charge in [-0.15, -0.1) is 11.3 Å². The van der Waals surface area contributed by atoms with E-state index in [0.717, 1.165) is 42.9 Å². The van der Waals surface area contributed by atoms with E-state index in [-0.39, 0.29) is 5.91 Å². The minimum absolute atomic E-state index is 0.00271. The molecular weight excluding hydrogens is 368 g/mol. The van der Waals surface area contributed by atoms with Crippen molar-refractivity contribution >= 4 is 22.4 Å². The number of nitrogens with zero attached hydrogens (tertiary/aromatic N) is 3. The molecule has 1 aromatic carbocycles. The van der Waals surface area contributed by atoms with Crippen LogP contribution in [-0.4, -0.2) is 40.4 Å². The van der Waals surface area contributed by atoms with Crippen molar-refractivity contribution in [2.45, 2.75) is 25.7 Å². The molecule has 1 amide bonds. The number of rotatable bonds is 5. The molecule has 0 unspecified atom stereocenters. The Labute approximate surface area is 169 Å². The van der Waals surface area contributed by atoms with E-state index in [1.165, 1.54) is 16.9 Å². The summed E-state index contributed by atoms with van der Waals surface area (Å²) in [5.74, 6) is 0.350. The SMILES string of the molecule is Cc1cccc(-c2cccc([C@@H]3CCCN(CC(=O)Nc4nccs4)C3)n2)c1. The zero-order valence-corrected chi connectivity index (χ0v) is 16.8. The first-order chi connectivity index (χ1) is 13.7. The number of piperidine rings is 1. The van der Waals surface area contributed by atoms with Crippen molar-refractivity contribution < 1.29 is 4.79 Å². The zero-order valence-electron chi connectivity index (χ0n) is 16.0. The van der Waals surface area contributed by atoms with E-state index < -0.39 is 0 Å². The zero-order chi connectivity index (χ0) is 19.3. The number of thiazole rings is 1. The number of pyridine rings is 1. The van der Waals surface area contributed by atoms with Gasteiger partial charge in [0.2, 0.25) is 5.91 Å². The summed E-state index contributed by atoms with van der Waals surface area (Å²) in [5, 5.41) is 5.39. The summed E-state index contributed by atoms with van der Waals surface area (Å²) in [4.78, 5) is 23.6. The molecule has 0 saturated carbocycles. The fourth-order valence-electron chi connectivity index (χ4n) is 3.73. The predicted molar refractivity (Wildman–Crippen MR) is 114 cm³/mol. The van der Waals surface area contributed by atoms with Crippen molar-refractivity contribution in [3.05, 3.63) is 65.3 Å². The number of aromatic nitrogens is 2. The third kappa shape index (κ3) is 4.64. The summed E-state index contributed by atoms with van der Waals surface area (Å²) in [6, 6.07) is 14.7. The largest absolute Gasteiger partial charge is 0.301 e. The third-order valence-electron chi connectivity index (χ3n) is 5.05. The molecular formula is C22H24N4OS. The first-order valence-corrected chi connectivity index (χ1v) is 10.5. The minimum atomic E-state index is -0.00271. The molecule has 0 spiro atoms. The van der Waals surface area contributed by atoms with Crippen LogP contribution in [0.25, 0.3) is 11.3 Å². The lowest BCUT2D eigenvalue weighted by Gasteiger charge is -2.32. The van der Waals surface area contributed by atoms with Crippen LogP contribution in [0.5, 0.6) is 0 Å². The number of carbonyl (C=O) groups is 1. The lowest BCUT2D eigenvalue weighted by molar-refractivity contribution is -0.117. The highest BCUT2D eigenvalue weighted by Crippen LogP contribution is 2.28. The number of likely N-dealkylation sites (tertiary alicyclic amines) is 1. The Morgan fingerprint density at radius 1 is 1.29 bits per heavy atom. The highest BCUT2D eigenvalue weighted by molar-refractivity contribution is 7.13. The lowest BCUT2D eigenvalue weighted by atomic mass is 9.93. The number of hydrogen-bond donors (Lipinski definition) is 1. The van der Waals surface area contributed by atoms with Gasteiger partial charge in [-0.05, 0) is 44.5 Å². The van der Waals surface area contributed by atoms with Crippen LogP contribution in [0.3, 0.4) is 0 Å². The van der Waals surface area contributed by atoms with Crippen molar-refractivity contribution in [3.63, 3.8) is 0 Å². The van der Waals surface area contributed by atoms with Crippen LogP contribution >= 0.6 is 11.3 Å². The van der Waals surface area contributed by atoms with Gasteiger partial charge in [-0.3, -0.25) is 14.7 Å². The Bertz CT molecular complexity index is 941. The Balaban J connectivity index is 1.43. The molecule has 1 atom stereocenters. The third-order valence-corrected chi connectivity index (χ3v) is 5.74. The molecule has 5 nitrogen and oxygen atoms in total. The smallest absolute Gasteiger partial charge is 0.240 e. The monoisotopic (exact) mass is 392 g/mol.